The molecule has 2 rings (SSSR count). The van der Waals surface area contributed by atoms with Crippen molar-refractivity contribution in [1.82, 2.24) is 0 Å². The summed E-state index contributed by atoms with van der Waals surface area (Å²) >= 11 is 0. The van der Waals surface area contributed by atoms with Gasteiger partial charge in [-0.3, -0.25) is 0 Å². The quantitative estimate of drug-likeness (QED) is 0.776. The second-order valence-corrected chi connectivity index (χ2v) is 4.00. The zero-order chi connectivity index (χ0) is 11.4. The third kappa shape index (κ3) is 2.67. The summed E-state index contributed by atoms with van der Waals surface area (Å²) in [4.78, 5) is 0. The molecule has 2 nitrogen and oxygen atoms in total. The lowest BCUT2D eigenvalue weighted by Gasteiger charge is -2.07. The predicted molar refractivity (Wildman–Crippen MR) is 62.8 cm³/mol. The number of rotatable bonds is 3. The molecule has 0 amide bonds. The Balaban J connectivity index is 2.11. The summed E-state index contributed by atoms with van der Waals surface area (Å²) in [6.45, 7) is 2.64. The Morgan fingerprint density at radius 3 is 2.56 bits per heavy atom. The van der Waals surface area contributed by atoms with Gasteiger partial charge in [0.2, 0.25) is 0 Å². The minimum absolute atomic E-state index is 0.451. The standard InChI is InChI=1S/C14H16NO/c1-12-6-5-9-15(10-12)11-14(16)13-7-3-2-4-8-13/h2-10,14,16H,11H2,1H3/q+1/t14-/m0/s1. The van der Waals surface area contributed by atoms with Gasteiger partial charge in [-0.1, -0.05) is 30.3 Å². The fourth-order valence-corrected chi connectivity index (χ4v) is 1.75. The Morgan fingerprint density at radius 1 is 1.12 bits per heavy atom. The van der Waals surface area contributed by atoms with Crippen molar-refractivity contribution in [1.29, 1.82) is 0 Å². The number of pyridine rings is 1. The zero-order valence-electron chi connectivity index (χ0n) is 9.38. The van der Waals surface area contributed by atoms with Gasteiger partial charge in [0.1, 0.15) is 6.10 Å². The number of aromatic nitrogens is 1. The highest BCUT2D eigenvalue weighted by Crippen LogP contribution is 2.11. The van der Waals surface area contributed by atoms with E-state index >= 15 is 0 Å². The molecule has 1 heterocycles. The molecule has 16 heavy (non-hydrogen) atoms. The van der Waals surface area contributed by atoms with Crippen LogP contribution in [0.15, 0.2) is 54.9 Å². The maximum absolute atomic E-state index is 10.0. The number of hydrogen-bond acceptors (Lipinski definition) is 1. The zero-order valence-corrected chi connectivity index (χ0v) is 9.38. The van der Waals surface area contributed by atoms with Crippen molar-refractivity contribution in [2.24, 2.45) is 0 Å². The van der Waals surface area contributed by atoms with Crippen molar-refractivity contribution in [2.75, 3.05) is 0 Å². The van der Waals surface area contributed by atoms with E-state index in [2.05, 4.69) is 0 Å². The summed E-state index contributed by atoms with van der Waals surface area (Å²) < 4.78 is 2.01. The maximum Gasteiger partial charge on any atom is 0.178 e. The monoisotopic (exact) mass is 214 g/mol. The van der Waals surface area contributed by atoms with Crippen LogP contribution in [-0.4, -0.2) is 5.11 Å². The Kier molecular flexibility index (Phi) is 3.32. The van der Waals surface area contributed by atoms with Crippen LogP contribution in [0.3, 0.4) is 0 Å². The van der Waals surface area contributed by atoms with Gasteiger partial charge < -0.3 is 5.11 Å². The van der Waals surface area contributed by atoms with Gasteiger partial charge in [0.05, 0.1) is 0 Å². The smallest absolute Gasteiger partial charge is 0.178 e. The van der Waals surface area contributed by atoms with E-state index in [9.17, 15) is 5.11 Å². The molecule has 0 bridgehead atoms. The molecule has 0 aliphatic heterocycles. The topological polar surface area (TPSA) is 24.1 Å². The predicted octanol–water partition coefficient (Wildman–Crippen LogP) is 2.02. The van der Waals surface area contributed by atoms with E-state index < -0.39 is 6.10 Å². The summed E-state index contributed by atoms with van der Waals surface area (Å²) in [6.07, 6.45) is 3.55. The highest BCUT2D eigenvalue weighted by Gasteiger charge is 2.12. The molecular formula is C14H16NO+. The van der Waals surface area contributed by atoms with E-state index in [0.717, 1.165) is 5.56 Å². The molecule has 0 saturated heterocycles. The first-order valence-electron chi connectivity index (χ1n) is 5.44. The van der Waals surface area contributed by atoms with E-state index in [1.165, 1.54) is 5.56 Å². The van der Waals surface area contributed by atoms with Gasteiger partial charge in [-0.15, -0.1) is 0 Å². The fraction of sp³-hybridized carbons (Fsp3) is 0.214. The van der Waals surface area contributed by atoms with Crippen molar-refractivity contribution in [3.05, 3.63) is 66.0 Å². The lowest BCUT2D eigenvalue weighted by atomic mass is 10.1. The Bertz CT molecular complexity index is 453. The summed E-state index contributed by atoms with van der Waals surface area (Å²) in [5.41, 5.74) is 2.15. The van der Waals surface area contributed by atoms with E-state index in [0.29, 0.717) is 6.54 Å². The molecule has 1 aromatic carbocycles. The molecule has 2 heteroatoms. The van der Waals surface area contributed by atoms with Crippen molar-refractivity contribution in [3.63, 3.8) is 0 Å². The summed E-state index contributed by atoms with van der Waals surface area (Å²) in [5.74, 6) is 0. The van der Waals surface area contributed by atoms with Crippen LogP contribution in [0.2, 0.25) is 0 Å². The second kappa shape index (κ2) is 4.90. The molecule has 0 aliphatic carbocycles. The van der Waals surface area contributed by atoms with Crippen LogP contribution < -0.4 is 4.57 Å². The summed E-state index contributed by atoms with van der Waals surface area (Å²) in [5, 5.41) is 10.0. The number of hydrogen-bond donors (Lipinski definition) is 1. The Hall–Kier alpha value is -1.67. The highest BCUT2D eigenvalue weighted by atomic mass is 16.3. The van der Waals surface area contributed by atoms with Gasteiger partial charge in [-0.25, -0.2) is 4.57 Å². The average molecular weight is 214 g/mol. The minimum atomic E-state index is -0.451. The van der Waals surface area contributed by atoms with Crippen LogP contribution in [0.5, 0.6) is 0 Å². The van der Waals surface area contributed by atoms with Gasteiger partial charge in [-0.2, -0.15) is 0 Å². The van der Waals surface area contributed by atoms with Gasteiger partial charge in [-0.05, 0) is 18.6 Å². The van der Waals surface area contributed by atoms with Gasteiger partial charge in [0.15, 0.2) is 18.9 Å². The largest absolute Gasteiger partial charge is 0.382 e. The molecule has 1 aromatic heterocycles. The Morgan fingerprint density at radius 2 is 1.88 bits per heavy atom. The fourth-order valence-electron chi connectivity index (χ4n) is 1.75. The van der Waals surface area contributed by atoms with Gasteiger partial charge in [0.25, 0.3) is 0 Å². The lowest BCUT2D eigenvalue weighted by molar-refractivity contribution is -0.705. The van der Waals surface area contributed by atoms with Crippen LogP contribution in [0.25, 0.3) is 0 Å². The molecular weight excluding hydrogens is 198 g/mol. The molecule has 0 radical (unpaired) electrons. The van der Waals surface area contributed by atoms with Crippen molar-refractivity contribution < 1.29 is 9.67 Å². The molecule has 0 unspecified atom stereocenters. The first-order valence-corrected chi connectivity index (χ1v) is 5.44. The highest BCUT2D eigenvalue weighted by molar-refractivity contribution is 5.16. The summed E-state index contributed by atoms with van der Waals surface area (Å²) in [6, 6.07) is 13.8. The van der Waals surface area contributed by atoms with Crippen LogP contribution >= 0.6 is 0 Å². The first-order chi connectivity index (χ1) is 7.75. The molecule has 2 aromatic rings. The van der Waals surface area contributed by atoms with Crippen LogP contribution in [-0.2, 0) is 6.54 Å². The van der Waals surface area contributed by atoms with Gasteiger partial charge >= 0.3 is 0 Å². The third-order valence-electron chi connectivity index (χ3n) is 2.57. The first kappa shape index (κ1) is 10.8. The minimum Gasteiger partial charge on any atom is -0.382 e. The van der Waals surface area contributed by atoms with E-state index in [4.69, 9.17) is 0 Å². The lowest BCUT2D eigenvalue weighted by Crippen LogP contribution is -2.36. The van der Waals surface area contributed by atoms with E-state index in [-0.39, 0.29) is 0 Å². The molecule has 1 N–H and O–H groups in total. The van der Waals surface area contributed by atoms with Crippen LogP contribution in [0.4, 0.5) is 0 Å². The molecule has 1 atom stereocenters. The summed E-state index contributed by atoms with van der Waals surface area (Å²) in [7, 11) is 0. The van der Waals surface area contributed by atoms with Crippen LogP contribution in [0, 0.1) is 6.92 Å². The Labute approximate surface area is 95.8 Å². The van der Waals surface area contributed by atoms with E-state index in [1.807, 2.05) is 66.3 Å². The van der Waals surface area contributed by atoms with E-state index in [1.54, 1.807) is 0 Å². The molecule has 0 spiro atoms. The number of aliphatic hydroxyl groups excluding tert-OH is 1. The normalized spacial score (nSPS) is 12.4. The average Bonchev–Trinajstić information content (AvgIpc) is 2.30. The number of nitrogens with zero attached hydrogens (tertiary/aromatic N) is 1. The molecule has 0 saturated carbocycles. The number of aryl methyl sites for hydroxylation is 1. The van der Waals surface area contributed by atoms with Crippen molar-refractivity contribution >= 4 is 0 Å². The third-order valence-corrected chi connectivity index (χ3v) is 2.57. The molecule has 0 aliphatic rings. The van der Waals surface area contributed by atoms with Crippen molar-refractivity contribution in [3.8, 4) is 0 Å². The van der Waals surface area contributed by atoms with Gasteiger partial charge in [0, 0.05) is 11.6 Å². The number of aliphatic hydroxyl groups is 1. The second-order valence-electron chi connectivity index (χ2n) is 4.00. The number of benzene rings is 1. The molecule has 0 fully saturated rings. The maximum atomic E-state index is 10.0. The van der Waals surface area contributed by atoms with Crippen LogP contribution in [0.1, 0.15) is 17.2 Å². The van der Waals surface area contributed by atoms with Crippen molar-refractivity contribution in [2.45, 2.75) is 19.6 Å². The molecule has 82 valence electrons. The SMILES string of the molecule is Cc1ccc[n+](C[C@H](O)c2ccccc2)c1.